The van der Waals surface area contributed by atoms with Crippen molar-refractivity contribution in [3.8, 4) is 0 Å². The van der Waals surface area contributed by atoms with Gasteiger partial charge in [-0.3, -0.25) is 4.79 Å². The third-order valence-corrected chi connectivity index (χ3v) is 4.28. The molecule has 0 atom stereocenters. The zero-order valence-corrected chi connectivity index (χ0v) is 12.5. The van der Waals surface area contributed by atoms with E-state index in [9.17, 15) is 4.79 Å². The molecule has 4 nitrogen and oxygen atoms in total. The fourth-order valence-electron chi connectivity index (χ4n) is 2.82. The van der Waals surface area contributed by atoms with Gasteiger partial charge in [0.2, 0.25) is 0 Å². The van der Waals surface area contributed by atoms with E-state index in [0.717, 1.165) is 43.6 Å². The first-order valence-electron chi connectivity index (χ1n) is 7.44. The summed E-state index contributed by atoms with van der Waals surface area (Å²) in [6.45, 7) is 5.93. The number of nitrogens with two attached hydrogens (primary N) is 1. The molecule has 0 aliphatic carbocycles. The maximum absolute atomic E-state index is 12.5. The second-order valence-electron chi connectivity index (χ2n) is 5.49. The first kappa shape index (κ1) is 15.0. The lowest BCUT2D eigenvalue weighted by Crippen LogP contribution is -2.45. The maximum atomic E-state index is 12.5. The van der Waals surface area contributed by atoms with Gasteiger partial charge < -0.3 is 15.5 Å². The first-order chi connectivity index (χ1) is 9.65. The monoisotopic (exact) mass is 275 g/mol. The number of benzene rings is 1. The van der Waals surface area contributed by atoms with Gasteiger partial charge in [-0.15, -0.1) is 0 Å². The lowest BCUT2D eigenvalue weighted by molar-refractivity contribution is 0.0647. The van der Waals surface area contributed by atoms with Crippen molar-refractivity contribution in [2.75, 3.05) is 26.7 Å². The van der Waals surface area contributed by atoms with Crippen molar-refractivity contribution in [1.29, 1.82) is 0 Å². The molecule has 1 fully saturated rings. The van der Waals surface area contributed by atoms with E-state index in [1.165, 1.54) is 0 Å². The zero-order valence-electron chi connectivity index (χ0n) is 12.5. The number of carbonyl (C=O) groups is 1. The van der Waals surface area contributed by atoms with Gasteiger partial charge in [0.1, 0.15) is 0 Å². The van der Waals surface area contributed by atoms with Crippen LogP contribution in [0.25, 0.3) is 0 Å². The Balaban J connectivity index is 2.01. The Morgan fingerprint density at radius 1 is 1.40 bits per heavy atom. The molecule has 1 heterocycles. The number of piperidine rings is 1. The van der Waals surface area contributed by atoms with Crippen LogP contribution in [0, 0.1) is 0 Å². The Morgan fingerprint density at radius 3 is 2.70 bits per heavy atom. The van der Waals surface area contributed by atoms with Gasteiger partial charge in [-0.1, -0.05) is 19.1 Å². The summed E-state index contributed by atoms with van der Waals surface area (Å²) < 4.78 is 0. The van der Waals surface area contributed by atoms with Crippen LogP contribution in [0.2, 0.25) is 0 Å². The summed E-state index contributed by atoms with van der Waals surface area (Å²) in [6.07, 6.45) is 2.12. The summed E-state index contributed by atoms with van der Waals surface area (Å²) in [4.78, 5) is 16.9. The smallest absolute Gasteiger partial charge is 0.253 e. The summed E-state index contributed by atoms with van der Waals surface area (Å²) in [7, 11) is 1.92. The van der Waals surface area contributed by atoms with Gasteiger partial charge in [0.25, 0.3) is 5.91 Å². The lowest BCUT2D eigenvalue weighted by atomic mass is 10.0. The van der Waals surface area contributed by atoms with E-state index in [1.807, 2.05) is 36.2 Å². The molecule has 0 bridgehead atoms. The van der Waals surface area contributed by atoms with Crippen molar-refractivity contribution in [2.24, 2.45) is 5.73 Å². The molecule has 0 aromatic heterocycles. The van der Waals surface area contributed by atoms with Gasteiger partial charge in [-0.05, 0) is 37.1 Å². The summed E-state index contributed by atoms with van der Waals surface area (Å²) in [5, 5.41) is 0. The zero-order chi connectivity index (χ0) is 14.5. The van der Waals surface area contributed by atoms with E-state index in [1.54, 1.807) is 0 Å². The molecule has 110 valence electrons. The van der Waals surface area contributed by atoms with Crippen molar-refractivity contribution < 1.29 is 4.79 Å². The van der Waals surface area contributed by atoms with Crippen LogP contribution in [-0.2, 0) is 6.54 Å². The van der Waals surface area contributed by atoms with Crippen molar-refractivity contribution in [3.05, 3.63) is 35.4 Å². The number of carbonyl (C=O) groups excluding carboxylic acids is 1. The van der Waals surface area contributed by atoms with Crippen LogP contribution in [0.15, 0.2) is 24.3 Å². The number of nitrogens with zero attached hydrogens (tertiary/aromatic N) is 2. The van der Waals surface area contributed by atoms with Crippen molar-refractivity contribution in [2.45, 2.75) is 32.4 Å². The predicted octanol–water partition coefficient (Wildman–Crippen LogP) is 1.70. The Hall–Kier alpha value is -1.39. The fourth-order valence-corrected chi connectivity index (χ4v) is 2.82. The Bertz CT molecular complexity index is 453. The van der Waals surface area contributed by atoms with Crippen LogP contribution in [0.3, 0.4) is 0 Å². The molecule has 0 unspecified atom stereocenters. The van der Waals surface area contributed by atoms with E-state index in [0.29, 0.717) is 12.6 Å². The summed E-state index contributed by atoms with van der Waals surface area (Å²) in [6, 6.07) is 7.99. The molecule has 1 aromatic rings. The normalized spacial score (nSPS) is 17.1. The van der Waals surface area contributed by atoms with Gasteiger partial charge in [-0.2, -0.15) is 0 Å². The minimum absolute atomic E-state index is 0.107. The molecule has 1 aliphatic rings. The first-order valence-corrected chi connectivity index (χ1v) is 7.44. The highest BCUT2D eigenvalue weighted by Gasteiger charge is 2.25. The van der Waals surface area contributed by atoms with Crippen LogP contribution < -0.4 is 5.73 Å². The molecule has 1 aliphatic heterocycles. The van der Waals surface area contributed by atoms with Crippen LogP contribution in [0.1, 0.15) is 35.7 Å². The SMILES string of the molecule is CCN1CCC(N(C)C(=O)c2cccc(CN)c2)CC1. The highest BCUT2D eigenvalue weighted by molar-refractivity contribution is 5.94. The highest BCUT2D eigenvalue weighted by Crippen LogP contribution is 2.18. The van der Waals surface area contributed by atoms with Crippen LogP contribution >= 0.6 is 0 Å². The molecule has 2 N–H and O–H groups in total. The minimum Gasteiger partial charge on any atom is -0.339 e. The Morgan fingerprint density at radius 2 is 2.10 bits per heavy atom. The molecule has 0 radical (unpaired) electrons. The number of amides is 1. The molecular formula is C16H25N3O. The average Bonchev–Trinajstić information content (AvgIpc) is 2.53. The Labute approximate surface area is 121 Å². The molecule has 0 spiro atoms. The lowest BCUT2D eigenvalue weighted by Gasteiger charge is -2.36. The van der Waals surface area contributed by atoms with Gasteiger partial charge >= 0.3 is 0 Å². The molecule has 1 saturated heterocycles. The van der Waals surface area contributed by atoms with Crippen LogP contribution in [0.5, 0.6) is 0 Å². The summed E-state index contributed by atoms with van der Waals surface area (Å²) >= 11 is 0. The number of rotatable bonds is 4. The second-order valence-corrected chi connectivity index (χ2v) is 5.49. The summed E-state index contributed by atoms with van der Waals surface area (Å²) in [5.74, 6) is 0.107. The number of likely N-dealkylation sites (tertiary alicyclic amines) is 1. The van der Waals surface area contributed by atoms with Crippen molar-refractivity contribution in [1.82, 2.24) is 9.80 Å². The van der Waals surface area contributed by atoms with Crippen LogP contribution in [0.4, 0.5) is 0 Å². The van der Waals surface area contributed by atoms with E-state index >= 15 is 0 Å². The maximum Gasteiger partial charge on any atom is 0.253 e. The minimum atomic E-state index is 0.107. The molecule has 4 heteroatoms. The predicted molar refractivity (Wildman–Crippen MR) is 81.6 cm³/mol. The summed E-state index contributed by atoms with van der Waals surface area (Å²) in [5.41, 5.74) is 7.39. The van der Waals surface area contributed by atoms with Gasteiger partial charge in [0.05, 0.1) is 0 Å². The molecule has 1 amide bonds. The van der Waals surface area contributed by atoms with E-state index in [-0.39, 0.29) is 5.91 Å². The second kappa shape index (κ2) is 6.86. The van der Waals surface area contributed by atoms with Gasteiger partial charge in [-0.25, -0.2) is 0 Å². The van der Waals surface area contributed by atoms with Gasteiger partial charge in [0, 0.05) is 38.3 Å². The third kappa shape index (κ3) is 3.38. The Kier molecular flexibility index (Phi) is 5.15. The van der Waals surface area contributed by atoms with Crippen LogP contribution in [-0.4, -0.2) is 48.4 Å². The number of hydrogen-bond acceptors (Lipinski definition) is 3. The number of hydrogen-bond donors (Lipinski definition) is 1. The van der Waals surface area contributed by atoms with E-state index in [4.69, 9.17) is 5.73 Å². The van der Waals surface area contributed by atoms with Crippen molar-refractivity contribution in [3.63, 3.8) is 0 Å². The third-order valence-electron chi connectivity index (χ3n) is 4.28. The van der Waals surface area contributed by atoms with Crippen molar-refractivity contribution >= 4 is 5.91 Å². The standard InChI is InChI=1S/C16H25N3O/c1-3-19-9-7-15(8-10-19)18(2)16(20)14-6-4-5-13(11-14)12-17/h4-6,11,15H,3,7-10,12,17H2,1-2H3. The van der Waals surface area contributed by atoms with E-state index < -0.39 is 0 Å². The molecular weight excluding hydrogens is 250 g/mol. The van der Waals surface area contributed by atoms with E-state index in [2.05, 4.69) is 11.8 Å². The molecule has 1 aromatic carbocycles. The molecule has 2 rings (SSSR count). The highest BCUT2D eigenvalue weighted by atomic mass is 16.2. The largest absolute Gasteiger partial charge is 0.339 e. The fraction of sp³-hybridized carbons (Fsp3) is 0.562. The van der Waals surface area contributed by atoms with Gasteiger partial charge in [0.15, 0.2) is 0 Å². The average molecular weight is 275 g/mol. The topological polar surface area (TPSA) is 49.6 Å². The quantitative estimate of drug-likeness (QED) is 0.910. The molecule has 20 heavy (non-hydrogen) atoms. The molecule has 0 saturated carbocycles.